The number of aromatic nitrogens is 1. The molecule has 1 amide bonds. The van der Waals surface area contributed by atoms with Crippen molar-refractivity contribution >= 4 is 17.4 Å². The summed E-state index contributed by atoms with van der Waals surface area (Å²) >= 11 is 1.43. The summed E-state index contributed by atoms with van der Waals surface area (Å²) in [5.41, 5.74) is 1.98. The molecule has 2 aromatic rings. The van der Waals surface area contributed by atoms with Gasteiger partial charge in [0.1, 0.15) is 6.61 Å². The molecule has 5 nitrogen and oxygen atoms in total. The van der Waals surface area contributed by atoms with Gasteiger partial charge in [0.05, 0.1) is 10.5 Å². The Morgan fingerprint density at radius 3 is 2.72 bits per heavy atom. The molecule has 0 bridgehead atoms. The van der Waals surface area contributed by atoms with Gasteiger partial charge in [-0.15, -0.1) is 0 Å². The minimum Gasteiger partial charge on any atom is -0.360 e. The predicted molar refractivity (Wildman–Crippen MR) is 107 cm³/mol. The quantitative estimate of drug-likeness (QED) is 0.773. The lowest BCUT2D eigenvalue weighted by Gasteiger charge is -2.34. The van der Waals surface area contributed by atoms with Crippen molar-refractivity contribution in [2.45, 2.75) is 32.0 Å². The van der Waals surface area contributed by atoms with Gasteiger partial charge >= 0.3 is 0 Å². The maximum absolute atomic E-state index is 13.3. The standard InChI is InChI=1S/C21H21F2N3O2S/c1-20(22,23)13-28-21(2)18-16(7-9-24-21)12-26(19(18)27)11-14-3-5-15(6-4-14)17-8-10-25-29-17/h3-10,24H,11-13H2,1-2H3. The Hall–Kier alpha value is -2.58. The van der Waals surface area contributed by atoms with Gasteiger partial charge in [0, 0.05) is 26.2 Å². The number of dihydropyridines is 1. The van der Waals surface area contributed by atoms with E-state index in [1.807, 2.05) is 30.3 Å². The van der Waals surface area contributed by atoms with Gasteiger partial charge in [0.15, 0.2) is 5.72 Å². The van der Waals surface area contributed by atoms with Crippen LogP contribution >= 0.6 is 11.5 Å². The van der Waals surface area contributed by atoms with Gasteiger partial charge in [-0.3, -0.25) is 4.79 Å². The molecular formula is C21H21F2N3O2S. The number of ether oxygens (including phenoxy) is 1. The molecule has 2 aliphatic rings. The molecule has 1 atom stereocenters. The highest BCUT2D eigenvalue weighted by atomic mass is 32.1. The zero-order valence-corrected chi connectivity index (χ0v) is 16.9. The highest BCUT2D eigenvalue weighted by Gasteiger charge is 2.45. The minimum absolute atomic E-state index is 0.203. The van der Waals surface area contributed by atoms with E-state index in [1.54, 1.807) is 30.3 Å². The molecule has 8 heteroatoms. The zero-order valence-electron chi connectivity index (χ0n) is 16.1. The number of hydrogen-bond donors (Lipinski definition) is 1. The monoisotopic (exact) mass is 417 g/mol. The van der Waals surface area contributed by atoms with E-state index in [1.165, 1.54) is 11.5 Å². The van der Waals surface area contributed by atoms with Crippen molar-refractivity contribution in [3.8, 4) is 10.4 Å². The fourth-order valence-corrected chi connectivity index (χ4v) is 4.14. The number of halogens is 2. The number of hydrogen-bond acceptors (Lipinski definition) is 5. The van der Waals surface area contributed by atoms with Crippen LogP contribution in [0.2, 0.25) is 0 Å². The normalized spacial score (nSPS) is 21.5. The summed E-state index contributed by atoms with van der Waals surface area (Å²) in [7, 11) is 0. The summed E-state index contributed by atoms with van der Waals surface area (Å²) in [6.45, 7) is 2.49. The smallest absolute Gasteiger partial charge is 0.268 e. The SMILES string of the molecule is CC(F)(F)COC1(C)NC=CC2=C1C(=O)N(Cc1ccc(-c3ccns3)cc1)C2. The number of carbonyl (C=O) groups is 1. The van der Waals surface area contributed by atoms with Crippen LogP contribution in [-0.4, -0.2) is 40.0 Å². The average molecular weight is 417 g/mol. The van der Waals surface area contributed by atoms with Crippen molar-refractivity contribution in [1.29, 1.82) is 0 Å². The third kappa shape index (κ3) is 4.09. The van der Waals surface area contributed by atoms with Crippen LogP contribution in [0.15, 0.2) is 60.0 Å². The molecule has 0 saturated heterocycles. The Labute approximate surface area is 171 Å². The lowest BCUT2D eigenvalue weighted by Crippen LogP contribution is -2.49. The van der Waals surface area contributed by atoms with Crippen molar-refractivity contribution in [3.63, 3.8) is 0 Å². The topological polar surface area (TPSA) is 54.5 Å². The van der Waals surface area contributed by atoms with Crippen LogP contribution in [0.5, 0.6) is 0 Å². The summed E-state index contributed by atoms with van der Waals surface area (Å²) in [6, 6.07) is 9.95. The first-order valence-corrected chi connectivity index (χ1v) is 10.0. The maximum Gasteiger partial charge on any atom is 0.268 e. The first kappa shape index (κ1) is 19.7. The van der Waals surface area contributed by atoms with E-state index in [0.29, 0.717) is 18.7 Å². The van der Waals surface area contributed by atoms with Crippen molar-refractivity contribution in [2.24, 2.45) is 0 Å². The van der Waals surface area contributed by atoms with E-state index in [2.05, 4.69) is 9.69 Å². The van der Waals surface area contributed by atoms with E-state index in [9.17, 15) is 13.6 Å². The number of nitrogens with one attached hydrogen (secondary N) is 1. The van der Waals surface area contributed by atoms with Crippen LogP contribution < -0.4 is 5.32 Å². The molecule has 1 aromatic carbocycles. The molecule has 1 N–H and O–H groups in total. The van der Waals surface area contributed by atoms with Crippen LogP contribution in [0.25, 0.3) is 10.4 Å². The van der Waals surface area contributed by atoms with E-state index in [-0.39, 0.29) is 5.91 Å². The van der Waals surface area contributed by atoms with Gasteiger partial charge < -0.3 is 15.0 Å². The second-order valence-corrected chi connectivity index (χ2v) is 8.34. The second-order valence-electron chi connectivity index (χ2n) is 7.50. The van der Waals surface area contributed by atoms with Gasteiger partial charge in [0.25, 0.3) is 11.8 Å². The summed E-state index contributed by atoms with van der Waals surface area (Å²) in [5.74, 6) is -3.18. The number of alkyl halides is 2. The molecule has 3 heterocycles. The molecule has 0 saturated carbocycles. The Balaban J connectivity index is 1.48. The minimum atomic E-state index is -2.98. The summed E-state index contributed by atoms with van der Waals surface area (Å²) in [4.78, 5) is 15.8. The highest BCUT2D eigenvalue weighted by Crippen LogP contribution is 2.35. The largest absolute Gasteiger partial charge is 0.360 e. The Kier molecular flexibility index (Phi) is 5.00. The molecule has 0 fully saturated rings. The second kappa shape index (κ2) is 7.35. The molecule has 0 radical (unpaired) electrons. The molecule has 0 spiro atoms. The lowest BCUT2D eigenvalue weighted by molar-refractivity contribution is -0.137. The third-order valence-electron chi connectivity index (χ3n) is 4.97. The summed E-state index contributed by atoms with van der Waals surface area (Å²) in [6.07, 6.45) is 5.21. The summed E-state index contributed by atoms with van der Waals surface area (Å²) < 4.78 is 36.2. The first-order valence-electron chi connectivity index (χ1n) is 9.24. The maximum atomic E-state index is 13.3. The fourth-order valence-electron chi connectivity index (χ4n) is 3.54. The van der Waals surface area contributed by atoms with E-state index >= 15 is 0 Å². The lowest BCUT2D eigenvalue weighted by atomic mass is 9.97. The summed E-state index contributed by atoms with van der Waals surface area (Å²) in [5, 5.41) is 2.93. The third-order valence-corrected chi connectivity index (χ3v) is 5.76. The average Bonchev–Trinajstić information content (AvgIpc) is 3.30. The van der Waals surface area contributed by atoms with E-state index in [0.717, 1.165) is 28.5 Å². The molecule has 4 rings (SSSR count). The molecule has 0 aliphatic carbocycles. The van der Waals surface area contributed by atoms with Crippen molar-refractivity contribution < 1.29 is 18.3 Å². The number of carbonyl (C=O) groups excluding carboxylic acids is 1. The van der Waals surface area contributed by atoms with Crippen molar-refractivity contribution in [2.75, 3.05) is 13.2 Å². The zero-order chi connectivity index (χ0) is 20.6. The fraction of sp³-hybridized carbons (Fsp3) is 0.333. The molecule has 2 aliphatic heterocycles. The predicted octanol–water partition coefficient (Wildman–Crippen LogP) is 3.95. The Morgan fingerprint density at radius 1 is 1.31 bits per heavy atom. The Morgan fingerprint density at radius 2 is 2.07 bits per heavy atom. The van der Waals surface area contributed by atoms with Crippen LogP contribution in [-0.2, 0) is 16.1 Å². The van der Waals surface area contributed by atoms with Gasteiger partial charge in [-0.25, -0.2) is 13.2 Å². The van der Waals surface area contributed by atoms with E-state index in [4.69, 9.17) is 4.74 Å². The number of benzene rings is 1. The molecule has 1 aromatic heterocycles. The van der Waals surface area contributed by atoms with Crippen molar-refractivity contribution in [1.82, 2.24) is 14.6 Å². The molecular weight excluding hydrogens is 396 g/mol. The number of amides is 1. The Bertz CT molecular complexity index is 965. The highest BCUT2D eigenvalue weighted by molar-refractivity contribution is 7.09. The van der Waals surface area contributed by atoms with Gasteiger partial charge in [0.2, 0.25) is 0 Å². The van der Waals surface area contributed by atoms with Crippen LogP contribution in [0.3, 0.4) is 0 Å². The van der Waals surface area contributed by atoms with Gasteiger partial charge in [-0.2, -0.15) is 0 Å². The van der Waals surface area contributed by atoms with Crippen LogP contribution in [0.1, 0.15) is 19.4 Å². The number of nitrogens with zero attached hydrogens (tertiary/aromatic N) is 2. The van der Waals surface area contributed by atoms with Crippen LogP contribution in [0, 0.1) is 0 Å². The molecule has 152 valence electrons. The number of rotatable bonds is 6. The first-order chi connectivity index (χ1) is 13.8. The molecule has 29 heavy (non-hydrogen) atoms. The van der Waals surface area contributed by atoms with E-state index < -0.39 is 18.3 Å². The molecule has 1 unspecified atom stereocenters. The van der Waals surface area contributed by atoms with Crippen molar-refractivity contribution in [3.05, 3.63) is 65.5 Å². The van der Waals surface area contributed by atoms with Crippen LogP contribution in [0.4, 0.5) is 8.78 Å². The van der Waals surface area contributed by atoms with Gasteiger partial charge in [-0.1, -0.05) is 24.3 Å². The van der Waals surface area contributed by atoms with Gasteiger partial charge in [-0.05, 0) is 53.5 Å².